The molecular weight excluding hydrogens is 184 g/mol. The van der Waals surface area contributed by atoms with Gasteiger partial charge in [0.15, 0.2) is 0 Å². The zero-order valence-corrected chi connectivity index (χ0v) is 8.32. The van der Waals surface area contributed by atoms with Gasteiger partial charge in [0.25, 0.3) is 0 Å². The molecule has 1 N–H and O–H groups in total. The number of rotatable bonds is 5. The summed E-state index contributed by atoms with van der Waals surface area (Å²) in [5.41, 5.74) is -0.855. The SMILES string of the molecule is CC(C)(COCc1ccco1)C(=O)O. The van der Waals surface area contributed by atoms with Gasteiger partial charge in [-0.1, -0.05) is 0 Å². The van der Waals surface area contributed by atoms with Gasteiger partial charge in [-0.3, -0.25) is 4.79 Å². The second-order valence-corrected chi connectivity index (χ2v) is 3.76. The molecular formula is C10H14O4. The van der Waals surface area contributed by atoms with Crippen LogP contribution in [0, 0.1) is 5.41 Å². The lowest BCUT2D eigenvalue weighted by Crippen LogP contribution is -2.29. The monoisotopic (exact) mass is 198 g/mol. The Hall–Kier alpha value is -1.29. The molecule has 1 rings (SSSR count). The number of hydrogen-bond donors (Lipinski definition) is 1. The molecule has 0 amide bonds. The van der Waals surface area contributed by atoms with E-state index >= 15 is 0 Å². The minimum absolute atomic E-state index is 0.170. The van der Waals surface area contributed by atoms with Crippen LogP contribution in [0.25, 0.3) is 0 Å². The van der Waals surface area contributed by atoms with Crippen LogP contribution in [0.5, 0.6) is 0 Å². The summed E-state index contributed by atoms with van der Waals surface area (Å²) >= 11 is 0. The van der Waals surface area contributed by atoms with Gasteiger partial charge in [-0.05, 0) is 26.0 Å². The second-order valence-electron chi connectivity index (χ2n) is 3.76. The van der Waals surface area contributed by atoms with Crippen LogP contribution in [0.2, 0.25) is 0 Å². The van der Waals surface area contributed by atoms with Crippen molar-refractivity contribution >= 4 is 5.97 Å². The quantitative estimate of drug-likeness (QED) is 0.785. The average molecular weight is 198 g/mol. The van der Waals surface area contributed by atoms with Crippen molar-refractivity contribution in [2.75, 3.05) is 6.61 Å². The van der Waals surface area contributed by atoms with Crippen LogP contribution >= 0.6 is 0 Å². The lowest BCUT2D eigenvalue weighted by Gasteiger charge is -2.18. The largest absolute Gasteiger partial charge is 0.481 e. The van der Waals surface area contributed by atoms with Gasteiger partial charge in [-0.15, -0.1) is 0 Å². The topological polar surface area (TPSA) is 59.7 Å². The van der Waals surface area contributed by atoms with E-state index in [-0.39, 0.29) is 6.61 Å². The molecule has 78 valence electrons. The molecule has 1 heterocycles. The van der Waals surface area contributed by atoms with E-state index in [0.717, 1.165) is 0 Å². The summed E-state index contributed by atoms with van der Waals surface area (Å²) in [6, 6.07) is 3.55. The van der Waals surface area contributed by atoms with Gasteiger partial charge >= 0.3 is 5.97 Å². The first kappa shape index (κ1) is 10.8. The Morgan fingerprint density at radius 1 is 1.64 bits per heavy atom. The van der Waals surface area contributed by atoms with Crippen LogP contribution in [0.15, 0.2) is 22.8 Å². The van der Waals surface area contributed by atoms with Crippen molar-refractivity contribution in [3.8, 4) is 0 Å². The number of furan rings is 1. The number of carboxylic acid groups (broad SMARTS) is 1. The van der Waals surface area contributed by atoms with Crippen LogP contribution in [-0.2, 0) is 16.1 Å². The van der Waals surface area contributed by atoms with Gasteiger partial charge in [-0.25, -0.2) is 0 Å². The molecule has 0 saturated carbocycles. The highest BCUT2D eigenvalue weighted by Gasteiger charge is 2.27. The van der Waals surface area contributed by atoms with E-state index in [1.165, 1.54) is 0 Å². The number of ether oxygens (including phenoxy) is 1. The van der Waals surface area contributed by atoms with E-state index in [1.807, 2.05) is 0 Å². The third kappa shape index (κ3) is 2.88. The van der Waals surface area contributed by atoms with Gasteiger partial charge in [0.2, 0.25) is 0 Å². The fourth-order valence-electron chi connectivity index (χ4n) is 0.863. The van der Waals surface area contributed by atoms with E-state index in [9.17, 15) is 4.79 Å². The van der Waals surface area contributed by atoms with Crippen molar-refractivity contribution in [3.05, 3.63) is 24.2 Å². The minimum Gasteiger partial charge on any atom is -0.481 e. The first-order valence-corrected chi connectivity index (χ1v) is 4.36. The maximum absolute atomic E-state index is 10.7. The molecule has 0 spiro atoms. The van der Waals surface area contributed by atoms with E-state index in [0.29, 0.717) is 12.4 Å². The van der Waals surface area contributed by atoms with Crippen molar-refractivity contribution < 1.29 is 19.1 Å². The van der Waals surface area contributed by atoms with Crippen LogP contribution in [0.4, 0.5) is 0 Å². The smallest absolute Gasteiger partial charge is 0.311 e. The van der Waals surface area contributed by atoms with Crippen molar-refractivity contribution in [1.29, 1.82) is 0 Å². The minimum atomic E-state index is -0.864. The Balaban J connectivity index is 2.31. The van der Waals surface area contributed by atoms with Gasteiger partial charge in [0.1, 0.15) is 12.4 Å². The third-order valence-electron chi connectivity index (χ3n) is 1.87. The summed E-state index contributed by atoms with van der Waals surface area (Å²) in [5.74, 6) is -0.164. The highest BCUT2D eigenvalue weighted by atomic mass is 16.5. The van der Waals surface area contributed by atoms with Crippen molar-refractivity contribution in [2.45, 2.75) is 20.5 Å². The van der Waals surface area contributed by atoms with E-state index in [2.05, 4.69) is 0 Å². The molecule has 0 radical (unpaired) electrons. The van der Waals surface area contributed by atoms with Crippen molar-refractivity contribution in [3.63, 3.8) is 0 Å². The molecule has 0 bridgehead atoms. The summed E-state index contributed by atoms with van der Waals surface area (Å²) in [5, 5.41) is 8.80. The lowest BCUT2D eigenvalue weighted by atomic mass is 9.95. The standard InChI is InChI=1S/C10H14O4/c1-10(2,9(11)12)7-13-6-8-4-3-5-14-8/h3-5H,6-7H2,1-2H3,(H,11,12). The Morgan fingerprint density at radius 2 is 2.36 bits per heavy atom. The molecule has 1 aromatic rings. The summed E-state index contributed by atoms with van der Waals surface area (Å²) in [4.78, 5) is 10.7. The van der Waals surface area contributed by atoms with Gasteiger partial charge in [0, 0.05) is 0 Å². The molecule has 4 nitrogen and oxygen atoms in total. The van der Waals surface area contributed by atoms with Gasteiger partial charge < -0.3 is 14.3 Å². The summed E-state index contributed by atoms with van der Waals surface area (Å²) in [7, 11) is 0. The molecule has 14 heavy (non-hydrogen) atoms. The predicted molar refractivity (Wildman–Crippen MR) is 49.8 cm³/mol. The second kappa shape index (κ2) is 4.28. The normalized spacial score (nSPS) is 11.6. The molecule has 0 atom stereocenters. The van der Waals surface area contributed by atoms with E-state index in [1.54, 1.807) is 32.2 Å². The fourth-order valence-corrected chi connectivity index (χ4v) is 0.863. The Bertz CT molecular complexity index is 287. The van der Waals surface area contributed by atoms with Crippen LogP contribution in [0.1, 0.15) is 19.6 Å². The molecule has 0 unspecified atom stereocenters. The van der Waals surface area contributed by atoms with Crippen LogP contribution in [-0.4, -0.2) is 17.7 Å². The van der Waals surface area contributed by atoms with Crippen molar-refractivity contribution in [1.82, 2.24) is 0 Å². The maximum atomic E-state index is 10.7. The highest BCUT2D eigenvalue weighted by molar-refractivity contribution is 5.73. The molecule has 1 aromatic heterocycles. The molecule has 0 aliphatic rings. The third-order valence-corrected chi connectivity index (χ3v) is 1.87. The first-order chi connectivity index (χ1) is 6.52. The Labute approximate surface area is 82.5 Å². The zero-order valence-electron chi connectivity index (χ0n) is 8.32. The number of aliphatic carboxylic acids is 1. The molecule has 0 saturated heterocycles. The summed E-state index contributed by atoms with van der Waals surface area (Å²) < 4.78 is 10.3. The summed E-state index contributed by atoms with van der Waals surface area (Å²) in [6.07, 6.45) is 1.56. The maximum Gasteiger partial charge on any atom is 0.311 e. The molecule has 0 fully saturated rings. The molecule has 0 aromatic carbocycles. The number of carboxylic acids is 1. The fraction of sp³-hybridized carbons (Fsp3) is 0.500. The summed E-state index contributed by atoms with van der Waals surface area (Å²) in [6.45, 7) is 3.72. The van der Waals surface area contributed by atoms with Gasteiger partial charge in [-0.2, -0.15) is 0 Å². The number of hydrogen-bond acceptors (Lipinski definition) is 3. The first-order valence-electron chi connectivity index (χ1n) is 4.36. The lowest BCUT2D eigenvalue weighted by molar-refractivity contribution is -0.150. The highest BCUT2D eigenvalue weighted by Crippen LogP contribution is 2.16. The van der Waals surface area contributed by atoms with Crippen LogP contribution < -0.4 is 0 Å². The molecule has 0 aliphatic heterocycles. The molecule has 4 heteroatoms. The van der Waals surface area contributed by atoms with Crippen molar-refractivity contribution in [2.24, 2.45) is 5.41 Å². The zero-order chi connectivity index (χ0) is 10.6. The molecule has 0 aliphatic carbocycles. The Kier molecular flexibility index (Phi) is 3.30. The van der Waals surface area contributed by atoms with Gasteiger partial charge in [0.05, 0.1) is 18.3 Å². The van der Waals surface area contributed by atoms with E-state index < -0.39 is 11.4 Å². The van der Waals surface area contributed by atoms with E-state index in [4.69, 9.17) is 14.3 Å². The Morgan fingerprint density at radius 3 is 2.86 bits per heavy atom. The average Bonchev–Trinajstić information content (AvgIpc) is 2.56. The number of carbonyl (C=O) groups is 1. The van der Waals surface area contributed by atoms with Crippen LogP contribution in [0.3, 0.4) is 0 Å². The predicted octanol–water partition coefficient (Wildman–Crippen LogP) is 1.91.